The highest BCUT2D eigenvalue weighted by atomic mass is 16.5. The number of nitrogens with one attached hydrogen (secondary N) is 1. The Labute approximate surface area is 126 Å². The van der Waals surface area contributed by atoms with Gasteiger partial charge in [-0.05, 0) is 43.1 Å². The predicted molar refractivity (Wildman–Crippen MR) is 84.8 cm³/mol. The standard InChI is InChI=1S/C18H22N2O/c1-3-9-20-17(15-7-10-19-13(2)12-15)16-6-4-5-14-8-11-21-18(14)16/h4-7,10,12,17,20H,3,8-9,11H2,1-2H3. The molecule has 1 aromatic carbocycles. The van der Waals surface area contributed by atoms with Crippen molar-refractivity contribution in [3.05, 3.63) is 58.9 Å². The Morgan fingerprint density at radius 1 is 1.33 bits per heavy atom. The SMILES string of the molecule is CCCNC(c1ccnc(C)c1)c1cccc2c1OCC2. The van der Waals surface area contributed by atoms with Crippen molar-refractivity contribution in [1.29, 1.82) is 0 Å². The van der Waals surface area contributed by atoms with E-state index in [9.17, 15) is 0 Å². The van der Waals surface area contributed by atoms with Crippen LogP contribution in [0.25, 0.3) is 0 Å². The first-order valence-corrected chi connectivity index (χ1v) is 7.70. The van der Waals surface area contributed by atoms with Gasteiger partial charge in [0.05, 0.1) is 12.6 Å². The van der Waals surface area contributed by atoms with Crippen LogP contribution in [0.1, 0.15) is 41.8 Å². The summed E-state index contributed by atoms with van der Waals surface area (Å²) in [7, 11) is 0. The summed E-state index contributed by atoms with van der Waals surface area (Å²) in [5.74, 6) is 1.07. The molecule has 0 radical (unpaired) electrons. The Morgan fingerprint density at radius 2 is 2.24 bits per heavy atom. The van der Waals surface area contributed by atoms with E-state index < -0.39 is 0 Å². The lowest BCUT2D eigenvalue weighted by Crippen LogP contribution is -2.23. The molecule has 110 valence electrons. The molecule has 0 bridgehead atoms. The molecule has 0 saturated heterocycles. The van der Waals surface area contributed by atoms with Gasteiger partial charge in [-0.25, -0.2) is 0 Å². The Morgan fingerprint density at radius 3 is 3.05 bits per heavy atom. The van der Waals surface area contributed by atoms with Crippen molar-refractivity contribution in [3.63, 3.8) is 0 Å². The highest BCUT2D eigenvalue weighted by Crippen LogP contribution is 2.36. The Hall–Kier alpha value is -1.87. The Bertz CT molecular complexity index is 624. The molecule has 3 nitrogen and oxygen atoms in total. The number of hydrogen-bond donors (Lipinski definition) is 1. The number of fused-ring (bicyclic) bond motifs is 1. The average molecular weight is 282 g/mol. The fourth-order valence-electron chi connectivity index (χ4n) is 2.91. The van der Waals surface area contributed by atoms with Crippen LogP contribution in [-0.2, 0) is 6.42 Å². The summed E-state index contributed by atoms with van der Waals surface area (Å²) in [6, 6.07) is 10.9. The largest absolute Gasteiger partial charge is 0.493 e. The van der Waals surface area contributed by atoms with E-state index in [0.29, 0.717) is 0 Å². The minimum atomic E-state index is 0.166. The molecule has 1 aliphatic rings. The molecule has 0 spiro atoms. The molecule has 1 aliphatic heterocycles. The van der Waals surface area contributed by atoms with E-state index in [2.05, 4.69) is 47.6 Å². The highest BCUT2D eigenvalue weighted by Gasteiger charge is 2.23. The first-order valence-electron chi connectivity index (χ1n) is 7.70. The van der Waals surface area contributed by atoms with Crippen molar-refractivity contribution in [2.24, 2.45) is 0 Å². The summed E-state index contributed by atoms with van der Waals surface area (Å²) in [6.45, 7) is 6.00. The molecule has 1 unspecified atom stereocenters. The van der Waals surface area contributed by atoms with Crippen molar-refractivity contribution in [1.82, 2.24) is 10.3 Å². The van der Waals surface area contributed by atoms with E-state index in [1.807, 2.05) is 13.1 Å². The first kappa shape index (κ1) is 14.1. The lowest BCUT2D eigenvalue weighted by atomic mass is 9.96. The van der Waals surface area contributed by atoms with Crippen LogP contribution in [0.15, 0.2) is 36.5 Å². The van der Waals surface area contributed by atoms with Gasteiger partial charge in [-0.3, -0.25) is 4.98 Å². The minimum absolute atomic E-state index is 0.166. The van der Waals surface area contributed by atoms with Crippen molar-refractivity contribution < 1.29 is 4.74 Å². The summed E-state index contributed by atoms with van der Waals surface area (Å²) < 4.78 is 5.89. The third-order valence-electron chi connectivity index (χ3n) is 3.91. The summed E-state index contributed by atoms with van der Waals surface area (Å²) in [5, 5.41) is 3.65. The molecule has 1 N–H and O–H groups in total. The molecule has 2 aromatic rings. The molecule has 21 heavy (non-hydrogen) atoms. The molecule has 3 heteroatoms. The number of ether oxygens (including phenoxy) is 1. The molecule has 1 atom stereocenters. The van der Waals surface area contributed by atoms with Crippen LogP contribution >= 0.6 is 0 Å². The van der Waals surface area contributed by atoms with Crippen molar-refractivity contribution >= 4 is 0 Å². The lowest BCUT2D eigenvalue weighted by molar-refractivity contribution is 0.350. The fraction of sp³-hybridized carbons (Fsp3) is 0.389. The number of nitrogens with zero attached hydrogens (tertiary/aromatic N) is 1. The van der Waals surface area contributed by atoms with Crippen LogP contribution in [0, 0.1) is 6.92 Å². The van der Waals surface area contributed by atoms with Crippen LogP contribution in [-0.4, -0.2) is 18.1 Å². The maximum absolute atomic E-state index is 5.89. The third kappa shape index (κ3) is 2.93. The van der Waals surface area contributed by atoms with Crippen molar-refractivity contribution in [3.8, 4) is 5.75 Å². The van der Waals surface area contributed by atoms with E-state index >= 15 is 0 Å². The van der Waals surface area contributed by atoms with Crippen molar-refractivity contribution in [2.45, 2.75) is 32.7 Å². The smallest absolute Gasteiger partial charge is 0.127 e. The highest BCUT2D eigenvalue weighted by molar-refractivity contribution is 5.48. The molecule has 0 fully saturated rings. The molecular weight excluding hydrogens is 260 g/mol. The normalized spacial score (nSPS) is 14.6. The number of pyridine rings is 1. The van der Waals surface area contributed by atoms with Gasteiger partial charge in [-0.15, -0.1) is 0 Å². The quantitative estimate of drug-likeness (QED) is 0.912. The summed E-state index contributed by atoms with van der Waals surface area (Å²) in [4.78, 5) is 4.31. The Balaban J connectivity index is 2.02. The maximum Gasteiger partial charge on any atom is 0.127 e. The number of benzene rings is 1. The maximum atomic E-state index is 5.89. The van der Waals surface area contributed by atoms with E-state index in [1.54, 1.807) is 0 Å². The second-order valence-electron chi connectivity index (χ2n) is 5.55. The molecule has 1 aromatic heterocycles. The summed E-state index contributed by atoms with van der Waals surface area (Å²) in [6.07, 6.45) is 4.00. The van der Waals surface area contributed by atoms with Gasteiger partial charge < -0.3 is 10.1 Å². The first-order chi connectivity index (χ1) is 10.3. The fourth-order valence-corrected chi connectivity index (χ4v) is 2.91. The van der Waals surface area contributed by atoms with Gasteiger partial charge in [-0.2, -0.15) is 0 Å². The van der Waals surface area contributed by atoms with Gasteiger partial charge in [0.15, 0.2) is 0 Å². The number of para-hydroxylation sites is 1. The lowest BCUT2D eigenvalue weighted by Gasteiger charge is -2.22. The van der Waals surface area contributed by atoms with Crippen LogP contribution in [0.4, 0.5) is 0 Å². The van der Waals surface area contributed by atoms with Gasteiger partial charge >= 0.3 is 0 Å². The molecule has 2 heterocycles. The molecule has 0 saturated carbocycles. The van der Waals surface area contributed by atoms with Gasteiger partial charge in [0.1, 0.15) is 5.75 Å². The van der Waals surface area contributed by atoms with E-state index in [0.717, 1.165) is 37.4 Å². The number of aromatic nitrogens is 1. The second-order valence-corrected chi connectivity index (χ2v) is 5.55. The monoisotopic (exact) mass is 282 g/mol. The molecule has 0 aliphatic carbocycles. The zero-order valence-corrected chi connectivity index (χ0v) is 12.7. The predicted octanol–water partition coefficient (Wildman–Crippen LogP) is 3.41. The van der Waals surface area contributed by atoms with Gasteiger partial charge in [0.25, 0.3) is 0 Å². The number of hydrogen-bond acceptors (Lipinski definition) is 3. The molecule has 0 amide bonds. The number of aryl methyl sites for hydroxylation is 1. The third-order valence-corrected chi connectivity index (χ3v) is 3.91. The van der Waals surface area contributed by atoms with E-state index in [-0.39, 0.29) is 6.04 Å². The van der Waals surface area contributed by atoms with Gasteiger partial charge in [0, 0.05) is 23.9 Å². The van der Waals surface area contributed by atoms with Crippen LogP contribution in [0.5, 0.6) is 5.75 Å². The zero-order chi connectivity index (χ0) is 14.7. The molecular formula is C18H22N2O. The van der Waals surface area contributed by atoms with E-state index in [4.69, 9.17) is 4.74 Å². The van der Waals surface area contributed by atoms with Gasteiger partial charge in [0.2, 0.25) is 0 Å². The van der Waals surface area contributed by atoms with Crippen LogP contribution in [0.2, 0.25) is 0 Å². The van der Waals surface area contributed by atoms with Crippen LogP contribution in [0.3, 0.4) is 0 Å². The van der Waals surface area contributed by atoms with Crippen LogP contribution < -0.4 is 10.1 Å². The summed E-state index contributed by atoms with van der Waals surface area (Å²) in [5.41, 5.74) is 4.86. The molecule has 3 rings (SSSR count). The number of rotatable bonds is 5. The zero-order valence-electron chi connectivity index (χ0n) is 12.7. The average Bonchev–Trinajstić information content (AvgIpc) is 2.97. The second kappa shape index (κ2) is 6.27. The van der Waals surface area contributed by atoms with E-state index in [1.165, 1.54) is 16.7 Å². The Kier molecular flexibility index (Phi) is 4.20. The minimum Gasteiger partial charge on any atom is -0.493 e. The van der Waals surface area contributed by atoms with Gasteiger partial charge in [-0.1, -0.05) is 25.1 Å². The summed E-state index contributed by atoms with van der Waals surface area (Å²) >= 11 is 0. The topological polar surface area (TPSA) is 34.2 Å². The van der Waals surface area contributed by atoms with Crippen molar-refractivity contribution in [2.75, 3.05) is 13.2 Å².